The molecule has 1 atom stereocenters. The molecule has 1 N–H and O–H groups in total. The summed E-state index contributed by atoms with van der Waals surface area (Å²) in [4.78, 5) is 19.0. The molecule has 1 saturated heterocycles. The third-order valence-electron chi connectivity index (χ3n) is 5.93. The van der Waals surface area contributed by atoms with Crippen LogP contribution in [0.1, 0.15) is 58.2 Å². The number of carboxylic acid groups (broad SMARTS) is 1. The van der Waals surface area contributed by atoms with Gasteiger partial charge in [0.05, 0.1) is 23.0 Å². The summed E-state index contributed by atoms with van der Waals surface area (Å²) in [6.45, 7) is 1.82. The minimum Gasteiger partial charge on any atom is -0.478 e. The van der Waals surface area contributed by atoms with Gasteiger partial charge in [0, 0.05) is 11.6 Å². The van der Waals surface area contributed by atoms with Crippen molar-refractivity contribution < 1.29 is 9.90 Å². The van der Waals surface area contributed by atoms with E-state index in [4.69, 9.17) is 16.6 Å². The van der Waals surface area contributed by atoms with E-state index in [1.165, 1.54) is 11.1 Å². The van der Waals surface area contributed by atoms with Gasteiger partial charge in [0.25, 0.3) is 0 Å². The SMILES string of the molecule is O=C(O)c1ccc(C2CCCN2Cc2cccc(Cl)c2)nc1CCCc1ccccc1. The number of carbonyl (C=O) groups is 1. The zero-order valence-electron chi connectivity index (χ0n) is 17.5. The Morgan fingerprint density at radius 1 is 1.03 bits per heavy atom. The Kier molecular flexibility index (Phi) is 7.00. The van der Waals surface area contributed by atoms with Gasteiger partial charge in [-0.05, 0) is 74.0 Å². The van der Waals surface area contributed by atoms with E-state index in [2.05, 4.69) is 23.1 Å². The molecule has 0 saturated carbocycles. The molecular weight excluding hydrogens is 408 g/mol. The van der Waals surface area contributed by atoms with Crippen LogP contribution in [-0.2, 0) is 19.4 Å². The smallest absolute Gasteiger partial charge is 0.337 e. The van der Waals surface area contributed by atoms with E-state index in [1.54, 1.807) is 6.07 Å². The molecule has 1 unspecified atom stereocenters. The predicted octanol–water partition coefficient (Wildman–Crippen LogP) is 5.95. The van der Waals surface area contributed by atoms with Crippen LogP contribution in [0.5, 0.6) is 0 Å². The number of carboxylic acids is 1. The molecule has 3 aromatic rings. The largest absolute Gasteiger partial charge is 0.478 e. The first-order valence-corrected chi connectivity index (χ1v) is 11.2. The fourth-order valence-corrected chi connectivity index (χ4v) is 4.63. The molecule has 1 aliphatic rings. The fraction of sp³-hybridized carbons (Fsp3) is 0.308. The third kappa shape index (κ3) is 5.52. The summed E-state index contributed by atoms with van der Waals surface area (Å²) in [6.07, 6.45) is 4.58. The van der Waals surface area contributed by atoms with Crippen LogP contribution in [0.15, 0.2) is 66.7 Å². The Bertz CT molecular complexity index is 1040. The van der Waals surface area contributed by atoms with Crippen molar-refractivity contribution in [1.29, 1.82) is 0 Å². The highest BCUT2D eigenvalue weighted by atomic mass is 35.5. The second kappa shape index (κ2) is 10.1. The van der Waals surface area contributed by atoms with Gasteiger partial charge in [-0.1, -0.05) is 54.1 Å². The number of benzene rings is 2. The highest BCUT2D eigenvalue weighted by molar-refractivity contribution is 6.30. The fourth-order valence-electron chi connectivity index (χ4n) is 4.41. The van der Waals surface area contributed by atoms with Gasteiger partial charge in [0.1, 0.15) is 0 Å². The molecule has 4 nitrogen and oxygen atoms in total. The van der Waals surface area contributed by atoms with Crippen LogP contribution in [0.25, 0.3) is 0 Å². The number of rotatable bonds is 8. The van der Waals surface area contributed by atoms with Crippen molar-refractivity contribution in [2.75, 3.05) is 6.54 Å². The van der Waals surface area contributed by atoms with Crippen molar-refractivity contribution in [1.82, 2.24) is 9.88 Å². The molecule has 160 valence electrons. The summed E-state index contributed by atoms with van der Waals surface area (Å²) < 4.78 is 0. The van der Waals surface area contributed by atoms with Crippen molar-refractivity contribution >= 4 is 17.6 Å². The zero-order valence-corrected chi connectivity index (χ0v) is 18.3. The number of pyridine rings is 1. The molecule has 1 aliphatic heterocycles. The summed E-state index contributed by atoms with van der Waals surface area (Å²) in [5, 5.41) is 10.4. The quantitative estimate of drug-likeness (QED) is 0.476. The lowest BCUT2D eigenvalue weighted by Crippen LogP contribution is -2.24. The van der Waals surface area contributed by atoms with Crippen LogP contribution in [0.3, 0.4) is 0 Å². The van der Waals surface area contributed by atoms with Gasteiger partial charge in [-0.25, -0.2) is 4.79 Å². The maximum Gasteiger partial charge on any atom is 0.337 e. The molecule has 4 rings (SSSR count). The molecule has 1 aromatic heterocycles. The second-order valence-corrected chi connectivity index (χ2v) is 8.57. The average molecular weight is 435 g/mol. The maximum atomic E-state index is 11.8. The van der Waals surface area contributed by atoms with Crippen molar-refractivity contribution in [3.63, 3.8) is 0 Å². The van der Waals surface area contributed by atoms with E-state index < -0.39 is 5.97 Å². The molecule has 2 aromatic carbocycles. The summed E-state index contributed by atoms with van der Waals surface area (Å²) in [5.41, 5.74) is 4.43. The lowest BCUT2D eigenvalue weighted by Gasteiger charge is -2.25. The van der Waals surface area contributed by atoms with E-state index in [9.17, 15) is 9.90 Å². The van der Waals surface area contributed by atoms with Crippen LogP contribution in [0.4, 0.5) is 0 Å². The molecule has 31 heavy (non-hydrogen) atoms. The third-order valence-corrected chi connectivity index (χ3v) is 6.16. The average Bonchev–Trinajstić information content (AvgIpc) is 3.22. The van der Waals surface area contributed by atoms with Gasteiger partial charge in [0.15, 0.2) is 0 Å². The summed E-state index contributed by atoms with van der Waals surface area (Å²) in [5.74, 6) is -0.907. The van der Waals surface area contributed by atoms with Gasteiger partial charge < -0.3 is 5.11 Å². The maximum absolute atomic E-state index is 11.8. The minimum absolute atomic E-state index is 0.203. The molecule has 0 radical (unpaired) electrons. The normalized spacial score (nSPS) is 16.5. The Hall–Kier alpha value is -2.69. The number of hydrogen-bond acceptors (Lipinski definition) is 3. The van der Waals surface area contributed by atoms with Crippen molar-refractivity contribution in [3.8, 4) is 0 Å². The van der Waals surface area contributed by atoms with Gasteiger partial charge in [0.2, 0.25) is 0 Å². The predicted molar refractivity (Wildman–Crippen MR) is 124 cm³/mol. The molecule has 2 heterocycles. The minimum atomic E-state index is -0.907. The first-order valence-electron chi connectivity index (χ1n) is 10.9. The van der Waals surface area contributed by atoms with Gasteiger partial charge in [-0.2, -0.15) is 0 Å². The number of aromatic carboxylic acids is 1. The number of aromatic nitrogens is 1. The topological polar surface area (TPSA) is 53.4 Å². The Morgan fingerprint density at radius 3 is 2.61 bits per heavy atom. The van der Waals surface area contributed by atoms with Crippen LogP contribution in [0, 0.1) is 0 Å². The van der Waals surface area contributed by atoms with Crippen LogP contribution in [0.2, 0.25) is 5.02 Å². The number of nitrogens with zero attached hydrogens (tertiary/aromatic N) is 2. The second-order valence-electron chi connectivity index (χ2n) is 8.13. The standard InChI is InChI=1S/C26H27ClN2O2/c27-21-11-4-10-20(17-21)18-29-16-6-13-25(29)24-15-14-22(26(30)31)23(28-24)12-5-9-19-7-2-1-3-8-19/h1-4,7-8,10-11,14-15,17,25H,5-6,9,12-13,16,18H2,(H,30,31). The highest BCUT2D eigenvalue weighted by Gasteiger charge is 2.28. The van der Waals surface area contributed by atoms with E-state index in [0.717, 1.165) is 49.5 Å². The van der Waals surface area contributed by atoms with E-state index in [0.29, 0.717) is 17.7 Å². The zero-order chi connectivity index (χ0) is 21.6. The van der Waals surface area contributed by atoms with Crippen LogP contribution >= 0.6 is 11.6 Å². The number of likely N-dealkylation sites (tertiary alicyclic amines) is 1. The number of hydrogen-bond donors (Lipinski definition) is 1. The summed E-state index contributed by atoms with van der Waals surface area (Å²) in [7, 11) is 0. The van der Waals surface area contributed by atoms with Crippen LogP contribution in [-0.4, -0.2) is 27.5 Å². The van der Waals surface area contributed by atoms with Crippen molar-refractivity contribution in [2.24, 2.45) is 0 Å². The highest BCUT2D eigenvalue weighted by Crippen LogP contribution is 2.33. The first-order chi connectivity index (χ1) is 15.1. The molecular formula is C26H27ClN2O2. The van der Waals surface area contributed by atoms with Gasteiger partial charge in [-0.3, -0.25) is 9.88 Å². The van der Waals surface area contributed by atoms with E-state index >= 15 is 0 Å². The summed E-state index contributed by atoms with van der Waals surface area (Å²) >= 11 is 6.16. The lowest BCUT2D eigenvalue weighted by molar-refractivity contribution is 0.0695. The van der Waals surface area contributed by atoms with Gasteiger partial charge in [-0.15, -0.1) is 0 Å². The van der Waals surface area contributed by atoms with E-state index in [1.807, 2.05) is 42.5 Å². The van der Waals surface area contributed by atoms with Crippen molar-refractivity contribution in [2.45, 2.75) is 44.7 Å². The Labute approximate surface area is 188 Å². The lowest BCUT2D eigenvalue weighted by atomic mass is 10.0. The van der Waals surface area contributed by atoms with Gasteiger partial charge >= 0.3 is 5.97 Å². The van der Waals surface area contributed by atoms with E-state index in [-0.39, 0.29) is 6.04 Å². The molecule has 0 amide bonds. The van der Waals surface area contributed by atoms with Crippen LogP contribution < -0.4 is 0 Å². The Morgan fingerprint density at radius 2 is 1.84 bits per heavy atom. The number of halogens is 1. The Balaban J connectivity index is 1.50. The molecule has 0 bridgehead atoms. The molecule has 0 spiro atoms. The first kappa shape index (κ1) is 21.5. The monoisotopic (exact) mass is 434 g/mol. The molecule has 5 heteroatoms. The molecule has 1 fully saturated rings. The molecule has 0 aliphatic carbocycles. The number of aryl methyl sites for hydroxylation is 2. The summed E-state index contributed by atoms with van der Waals surface area (Å²) in [6, 6.07) is 22.1. The van der Waals surface area contributed by atoms with Crippen molar-refractivity contribution in [3.05, 3.63) is 99.8 Å².